The second kappa shape index (κ2) is 28.9. The van der Waals surface area contributed by atoms with E-state index in [4.69, 9.17) is 77.0 Å². The van der Waals surface area contributed by atoms with Gasteiger partial charge in [0, 0.05) is 0 Å². The zero-order valence-corrected chi connectivity index (χ0v) is 27.3. The van der Waals surface area contributed by atoms with Crippen molar-refractivity contribution in [3.05, 3.63) is 0 Å². The maximum atomic E-state index is 8.55. The number of hydrogen-bond acceptors (Lipinski definition) is 16. The van der Waals surface area contributed by atoms with Crippen molar-refractivity contribution < 1.29 is 187 Å². The van der Waals surface area contributed by atoms with Gasteiger partial charge in [-0.05, 0) is 0 Å². The first-order valence-electron chi connectivity index (χ1n) is 2.92. The van der Waals surface area contributed by atoms with Crippen molar-refractivity contribution in [2.45, 2.75) is 0 Å². The Balaban J connectivity index is -0.0000000152. The molecular weight excluding hydrogens is 744 g/mol. The van der Waals surface area contributed by atoms with Crippen LogP contribution in [0.4, 0.5) is 0 Å². The third-order valence-corrected chi connectivity index (χ3v) is 0. The van der Waals surface area contributed by atoms with Gasteiger partial charge >= 0.3 is 110 Å². The van der Waals surface area contributed by atoms with Crippen LogP contribution < -0.4 is 58.7 Å². The molecule has 0 radical (unpaired) electrons. The summed E-state index contributed by atoms with van der Waals surface area (Å²) in [4.78, 5) is 103. The maximum Gasteiger partial charge on any atom is 2.00 e. The van der Waals surface area contributed by atoms with Crippen LogP contribution in [0, 0.1) is 0 Å². The molecule has 0 N–H and O–H groups in total. The number of rotatable bonds is 0. The molecule has 0 unspecified atom stereocenters. The van der Waals surface area contributed by atoms with E-state index in [1.165, 1.54) is 0 Å². The Bertz CT molecular complexity index is 305. The molecular formula is Fe3O16P4Zn3. The normalized spacial score (nSPS) is 9.08. The predicted molar refractivity (Wildman–Crippen MR) is 30.4 cm³/mol. The SMILES string of the molecule is O=P([O-])([O-])[O-].O=P([O-])([O-])[O-].O=P([O-])([O-])[O-].O=P([O-])([O-])[O-].[Fe+2].[Fe+2].[Fe+2].[Zn+2].[Zn+2].[Zn+2]. The summed E-state index contributed by atoms with van der Waals surface area (Å²) >= 11 is 0. The second-order valence-electron chi connectivity index (χ2n) is 1.79. The minimum atomic E-state index is -5.39. The summed E-state index contributed by atoms with van der Waals surface area (Å²) in [6.45, 7) is 0. The van der Waals surface area contributed by atoms with Gasteiger partial charge in [-0.1, -0.05) is 0 Å². The Hall–Kier alpha value is 3.87. The molecule has 0 fully saturated rings. The fourth-order valence-electron chi connectivity index (χ4n) is 0. The van der Waals surface area contributed by atoms with E-state index in [0.717, 1.165) is 0 Å². The molecule has 0 aliphatic heterocycles. The van der Waals surface area contributed by atoms with E-state index < -0.39 is 31.3 Å². The van der Waals surface area contributed by atoms with Gasteiger partial charge in [0.15, 0.2) is 0 Å². The van der Waals surface area contributed by atoms with Crippen LogP contribution in [-0.2, 0) is 128 Å². The van der Waals surface area contributed by atoms with Crippen LogP contribution in [0.3, 0.4) is 0 Å². The third-order valence-electron chi connectivity index (χ3n) is 0. The van der Waals surface area contributed by atoms with E-state index in [9.17, 15) is 0 Å². The molecule has 0 aromatic carbocycles. The van der Waals surface area contributed by atoms with Crippen molar-refractivity contribution in [3.63, 3.8) is 0 Å². The van der Waals surface area contributed by atoms with Crippen molar-refractivity contribution >= 4 is 31.3 Å². The molecule has 0 aromatic rings. The molecule has 0 aliphatic rings. The monoisotopic (exact) mass is 739 g/mol. The van der Waals surface area contributed by atoms with Gasteiger partial charge in [0.2, 0.25) is 0 Å². The van der Waals surface area contributed by atoms with Gasteiger partial charge in [0.1, 0.15) is 0 Å². The molecule has 0 saturated carbocycles. The number of phosphoric acid groups is 4. The molecule has 0 heterocycles. The van der Waals surface area contributed by atoms with Crippen LogP contribution >= 0.6 is 31.3 Å². The molecule has 146 valence electrons. The third kappa shape index (κ3) is 1340. The molecule has 0 bridgehead atoms. The van der Waals surface area contributed by atoms with E-state index in [1.54, 1.807) is 0 Å². The first kappa shape index (κ1) is 63.1. The van der Waals surface area contributed by atoms with Gasteiger partial charge in [-0.3, -0.25) is 0 Å². The Kier molecular flexibility index (Phi) is 70.0. The first-order valence-corrected chi connectivity index (χ1v) is 8.76. The van der Waals surface area contributed by atoms with Crippen molar-refractivity contribution in [1.29, 1.82) is 0 Å². The van der Waals surface area contributed by atoms with Crippen LogP contribution in [0.2, 0.25) is 0 Å². The Morgan fingerprint density at radius 1 is 0.308 bits per heavy atom. The topological polar surface area (TPSA) is 345 Å². The van der Waals surface area contributed by atoms with E-state index in [0.29, 0.717) is 0 Å². The summed E-state index contributed by atoms with van der Waals surface area (Å²) in [6.07, 6.45) is 0. The Labute approximate surface area is 216 Å². The zero-order valence-electron chi connectivity index (χ0n) is 11.5. The minimum absolute atomic E-state index is 0. The standard InChI is InChI=1S/3Fe.4H3O4P.3Zn/c;;;4*1-5(2,3)4;;;/h;;;4*(H3,1,2,3,4);;;/q3*+2;;;;;3*+2/p-12. The van der Waals surface area contributed by atoms with Gasteiger partial charge in [0.25, 0.3) is 0 Å². The molecule has 0 aliphatic carbocycles. The second-order valence-corrected chi connectivity index (χ2v) is 5.37. The Morgan fingerprint density at radius 2 is 0.308 bits per heavy atom. The largest absolute Gasteiger partial charge is 2.00 e. The zero-order chi connectivity index (χ0) is 18.0. The van der Waals surface area contributed by atoms with Gasteiger partial charge in [-0.15, -0.1) is 0 Å². The van der Waals surface area contributed by atoms with Crippen LogP contribution in [0.25, 0.3) is 0 Å². The van der Waals surface area contributed by atoms with Crippen LogP contribution in [-0.4, -0.2) is 0 Å². The van der Waals surface area contributed by atoms with E-state index in [2.05, 4.69) is 0 Å². The van der Waals surface area contributed by atoms with E-state index >= 15 is 0 Å². The molecule has 0 amide bonds. The summed E-state index contributed by atoms with van der Waals surface area (Å²) in [5.74, 6) is 0. The molecule has 0 atom stereocenters. The van der Waals surface area contributed by atoms with Crippen molar-refractivity contribution in [3.8, 4) is 0 Å². The minimum Gasteiger partial charge on any atom is -0.822 e. The average Bonchev–Trinajstić information content (AvgIpc) is 1.62. The molecule has 0 aromatic heterocycles. The predicted octanol–water partition coefficient (Wildman–Crippen LogP) is -11.3. The molecule has 26 heavy (non-hydrogen) atoms. The number of hydrogen-bond donors (Lipinski definition) is 0. The van der Waals surface area contributed by atoms with Gasteiger partial charge in [-0.25, -0.2) is 0 Å². The summed E-state index contributed by atoms with van der Waals surface area (Å²) in [7, 11) is -21.6. The summed E-state index contributed by atoms with van der Waals surface area (Å²) < 4.78 is 34.2. The smallest absolute Gasteiger partial charge is 0.822 e. The average molecular weight is 744 g/mol. The summed E-state index contributed by atoms with van der Waals surface area (Å²) in [5.41, 5.74) is 0. The van der Waals surface area contributed by atoms with E-state index in [1.807, 2.05) is 0 Å². The molecule has 26 heteroatoms. The molecule has 0 rings (SSSR count). The van der Waals surface area contributed by atoms with E-state index in [-0.39, 0.29) is 110 Å². The fourth-order valence-corrected chi connectivity index (χ4v) is 0. The van der Waals surface area contributed by atoms with Crippen molar-refractivity contribution in [2.24, 2.45) is 0 Å². The first-order chi connectivity index (χ1) is 8.00. The van der Waals surface area contributed by atoms with Crippen molar-refractivity contribution in [2.75, 3.05) is 0 Å². The summed E-state index contributed by atoms with van der Waals surface area (Å²) in [6, 6.07) is 0. The van der Waals surface area contributed by atoms with Crippen molar-refractivity contribution in [1.82, 2.24) is 0 Å². The summed E-state index contributed by atoms with van der Waals surface area (Å²) in [5, 5.41) is 0. The van der Waals surface area contributed by atoms with Gasteiger partial charge in [-0.2, -0.15) is 31.3 Å². The molecule has 16 nitrogen and oxygen atoms in total. The Morgan fingerprint density at radius 3 is 0.308 bits per heavy atom. The van der Waals surface area contributed by atoms with Gasteiger partial charge < -0.3 is 77.0 Å². The van der Waals surface area contributed by atoms with Crippen LogP contribution in [0.15, 0.2) is 0 Å². The fraction of sp³-hybridized carbons (Fsp3) is 0. The molecule has 0 saturated heterocycles. The molecule has 0 spiro atoms. The maximum absolute atomic E-state index is 8.55. The quantitative estimate of drug-likeness (QED) is 0.164. The van der Waals surface area contributed by atoms with Gasteiger partial charge in [0.05, 0.1) is 0 Å². The van der Waals surface area contributed by atoms with Crippen LogP contribution in [0.5, 0.6) is 0 Å². The van der Waals surface area contributed by atoms with Crippen LogP contribution in [0.1, 0.15) is 0 Å².